The first-order valence-corrected chi connectivity index (χ1v) is 5.85. The van der Waals surface area contributed by atoms with Crippen LogP contribution < -0.4 is 5.73 Å². The maximum atomic E-state index is 13.6. The topological polar surface area (TPSA) is 55.6 Å². The van der Waals surface area contributed by atoms with Gasteiger partial charge in [0.25, 0.3) is 5.91 Å². The number of benzene rings is 1. The summed E-state index contributed by atoms with van der Waals surface area (Å²) >= 11 is 0. The Morgan fingerprint density at radius 2 is 2.17 bits per heavy atom. The van der Waals surface area contributed by atoms with E-state index in [1.54, 1.807) is 20.0 Å². The fourth-order valence-corrected chi connectivity index (χ4v) is 1.49. The van der Waals surface area contributed by atoms with Crippen molar-refractivity contribution in [2.24, 2.45) is 5.73 Å². The van der Waals surface area contributed by atoms with Crippen molar-refractivity contribution in [3.05, 3.63) is 35.1 Å². The van der Waals surface area contributed by atoms with E-state index in [-0.39, 0.29) is 11.5 Å². The molecule has 2 N–H and O–H groups in total. The number of likely N-dealkylation sites (N-methyl/N-ethyl adjacent to an activating group) is 1. The smallest absolute Gasteiger partial charge is 0.256 e. The van der Waals surface area contributed by atoms with Crippen molar-refractivity contribution in [3.8, 4) is 0 Å². The SMILES string of the molecule is Cc1ccc(C(=O)N(C)CCOCCN)c(F)c1. The van der Waals surface area contributed by atoms with Gasteiger partial charge in [-0.3, -0.25) is 4.79 Å². The van der Waals surface area contributed by atoms with Crippen LogP contribution in [-0.4, -0.2) is 44.2 Å². The van der Waals surface area contributed by atoms with Crippen LogP contribution in [0.15, 0.2) is 18.2 Å². The van der Waals surface area contributed by atoms with Crippen molar-refractivity contribution < 1.29 is 13.9 Å². The Hall–Kier alpha value is -1.46. The van der Waals surface area contributed by atoms with E-state index >= 15 is 0 Å². The fourth-order valence-electron chi connectivity index (χ4n) is 1.49. The lowest BCUT2D eigenvalue weighted by molar-refractivity contribution is 0.0700. The van der Waals surface area contributed by atoms with Crippen molar-refractivity contribution in [2.45, 2.75) is 6.92 Å². The number of aryl methyl sites for hydroxylation is 1. The number of nitrogens with zero attached hydrogens (tertiary/aromatic N) is 1. The van der Waals surface area contributed by atoms with Crippen LogP contribution in [0, 0.1) is 12.7 Å². The third kappa shape index (κ3) is 4.09. The number of ether oxygens (including phenoxy) is 1. The first kappa shape index (κ1) is 14.6. The summed E-state index contributed by atoms with van der Waals surface area (Å²) in [6, 6.07) is 4.57. The van der Waals surface area contributed by atoms with E-state index in [1.807, 2.05) is 0 Å². The highest BCUT2D eigenvalue weighted by molar-refractivity contribution is 5.94. The average Bonchev–Trinajstić information content (AvgIpc) is 2.33. The van der Waals surface area contributed by atoms with E-state index in [1.165, 1.54) is 17.0 Å². The predicted octanol–water partition coefficient (Wildman–Crippen LogP) is 1.18. The maximum absolute atomic E-state index is 13.6. The summed E-state index contributed by atoms with van der Waals surface area (Å²) < 4.78 is 18.8. The predicted molar refractivity (Wildman–Crippen MR) is 68.0 cm³/mol. The van der Waals surface area contributed by atoms with Crippen molar-refractivity contribution in [1.29, 1.82) is 0 Å². The van der Waals surface area contributed by atoms with Gasteiger partial charge in [0, 0.05) is 20.1 Å². The monoisotopic (exact) mass is 254 g/mol. The number of nitrogens with two attached hydrogens (primary N) is 1. The van der Waals surface area contributed by atoms with Gasteiger partial charge in [-0.05, 0) is 24.6 Å². The molecule has 0 unspecified atom stereocenters. The quantitative estimate of drug-likeness (QED) is 0.776. The molecule has 18 heavy (non-hydrogen) atoms. The number of hydrogen-bond acceptors (Lipinski definition) is 3. The molecular weight excluding hydrogens is 235 g/mol. The first-order chi connectivity index (χ1) is 8.56. The van der Waals surface area contributed by atoms with Gasteiger partial charge in [-0.1, -0.05) is 6.07 Å². The van der Waals surface area contributed by atoms with Gasteiger partial charge < -0.3 is 15.4 Å². The van der Waals surface area contributed by atoms with Crippen LogP contribution in [0.2, 0.25) is 0 Å². The molecule has 0 aromatic heterocycles. The lowest BCUT2D eigenvalue weighted by Crippen LogP contribution is -2.31. The molecule has 1 rings (SSSR count). The van der Waals surface area contributed by atoms with E-state index in [0.29, 0.717) is 26.3 Å². The Morgan fingerprint density at radius 1 is 1.44 bits per heavy atom. The highest BCUT2D eigenvalue weighted by Gasteiger charge is 2.15. The third-order valence-electron chi connectivity index (χ3n) is 2.53. The second-order valence-corrected chi connectivity index (χ2v) is 4.11. The van der Waals surface area contributed by atoms with Crippen molar-refractivity contribution in [3.63, 3.8) is 0 Å². The summed E-state index contributed by atoms with van der Waals surface area (Å²) in [5.41, 5.74) is 6.15. The molecule has 0 spiro atoms. The minimum Gasteiger partial charge on any atom is -0.378 e. The summed E-state index contributed by atoms with van der Waals surface area (Å²) in [6.07, 6.45) is 0. The van der Waals surface area contributed by atoms with Crippen molar-refractivity contribution in [2.75, 3.05) is 33.4 Å². The summed E-state index contributed by atoms with van der Waals surface area (Å²) in [4.78, 5) is 13.4. The van der Waals surface area contributed by atoms with Gasteiger partial charge in [-0.25, -0.2) is 4.39 Å². The Morgan fingerprint density at radius 3 is 2.78 bits per heavy atom. The Bertz CT molecular complexity index is 410. The zero-order chi connectivity index (χ0) is 13.5. The fraction of sp³-hybridized carbons (Fsp3) is 0.462. The molecule has 0 aliphatic heterocycles. The Kier molecular flexibility index (Phi) is 5.74. The minimum absolute atomic E-state index is 0.0851. The van der Waals surface area contributed by atoms with Gasteiger partial charge in [0.05, 0.1) is 18.8 Å². The van der Waals surface area contributed by atoms with E-state index in [2.05, 4.69) is 0 Å². The van der Waals surface area contributed by atoms with Crippen LogP contribution in [0.3, 0.4) is 0 Å². The number of carbonyl (C=O) groups excluding carboxylic acids is 1. The van der Waals surface area contributed by atoms with Crippen molar-refractivity contribution in [1.82, 2.24) is 4.90 Å². The van der Waals surface area contributed by atoms with Crippen LogP contribution in [0.1, 0.15) is 15.9 Å². The van der Waals surface area contributed by atoms with E-state index in [0.717, 1.165) is 5.56 Å². The van der Waals surface area contributed by atoms with Gasteiger partial charge in [0.1, 0.15) is 5.82 Å². The summed E-state index contributed by atoms with van der Waals surface area (Å²) in [6.45, 7) is 3.49. The molecule has 1 aromatic carbocycles. The largest absolute Gasteiger partial charge is 0.378 e. The number of halogens is 1. The van der Waals surface area contributed by atoms with Crippen LogP contribution in [0.25, 0.3) is 0 Å². The number of hydrogen-bond donors (Lipinski definition) is 1. The van der Waals surface area contributed by atoms with Gasteiger partial charge in [-0.15, -0.1) is 0 Å². The number of amides is 1. The molecule has 1 amide bonds. The van der Waals surface area contributed by atoms with E-state index in [9.17, 15) is 9.18 Å². The maximum Gasteiger partial charge on any atom is 0.256 e. The number of carbonyl (C=O) groups is 1. The lowest BCUT2D eigenvalue weighted by atomic mass is 10.1. The molecule has 0 radical (unpaired) electrons. The Balaban J connectivity index is 2.57. The molecule has 0 saturated heterocycles. The number of rotatable bonds is 6. The van der Waals surface area contributed by atoms with Gasteiger partial charge in [-0.2, -0.15) is 0 Å². The van der Waals surface area contributed by atoms with Gasteiger partial charge in [0.15, 0.2) is 0 Å². The molecule has 4 nitrogen and oxygen atoms in total. The zero-order valence-electron chi connectivity index (χ0n) is 10.8. The molecule has 0 aliphatic carbocycles. The molecule has 5 heteroatoms. The molecule has 0 heterocycles. The van der Waals surface area contributed by atoms with Crippen LogP contribution in [-0.2, 0) is 4.74 Å². The normalized spacial score (nSPS) is 10.4. The van der Waals surface area contributed by atoms with Gasteiger partial charge >= 0.3 is 0 Å². The lowest BCUT2D eigenvalue weighted by Gasteiger charge is -2.17. The zero-order valence-corrected chi connectivity index (χ0v) is 10.8. The second kappa shape index (κ2) is 7.08. The average molecular weight is 254 g/mol. The summed E-state index contributed by atoms with van der Waals surface area (Å²) in [5.74, 6) is -0.835. The third-order valence-corrected chi connectivity index (χ3v) is 2.53. The molecule has 0 fully saturated rings. The molecule has 1 aromatic rings. The highest BCUT2D eigenvalue weighted by Crippen LogP contribution is 2.11. The van der Waals surface area contributed by atoms with E-state index in [4.69, 9.17) is 10.5 Å². The van der Waals surface area contributed by atoms with Crippen LogP contribution in [0.4, 0.5) is 4.39 Å². The van der Waals surface area contributed by atoms with Crippen LogP contribution in [0.5, 0.6) is 0 Å². The van der Waals surface area contributed by atoms with E-state index < -0.39 is 5.82 Å². The molecular formula is C13H19FN2O2. The van der Waals surface area contributed by atoms with Crippen LogP contribution >= 0.6 is 0 Å². The molecule has 100 valence electrons. The summed E-state index contributed by atoms with van der Waals surface area (Å²) in [5, 5.41) is 0. The molecule has 0 bridgehead atoms. The van der Waals surface area contributed by atoms with Crippen molar-refractivity contribution >= 4 is 5.91 Å². The summed E-state index contributed by atoms with van der Waals surface area (Å²) in [7, 11) is 1.62. The minimum atomic E-state index is -0.491. The van der Waals surface area contributed by atoms with Gasteiger partial charge in [0.2, 0.25) is 0 Å². The Labute approximate surface area is 107 Å². The molecule has 0 aliphatic rings. The second-order valence-electron chi connectivity index (χ2n) is 4.11. The molecule has 0 atom stereocenters. The molecule has 0 saturated carbocycles. The first-order valence-electron chi connectivity index (χ1n) is 5.85. The standard InChI is InChI=1S/C13H19FN2O2/c1-10-3-4-11(12(14)9-10)13(17)16(2)6-8-18-7-5-15/h3-4,9H,5-8,15H2,1-2H3. The highest BCUT2D eigenvalue weighted by atomic mass is 19.1.